The molecule has 0 fully saturated rings. The number of halogens is 1. The molecular weight excluding hydrogens is 540 g/mol. The van der Waals surface area contributed by atoms with Gasteiger partial charge in [-0.3, -0.25) is 0 Å². The number of hydrogen-bond acceptors (Lipinski definition) is 0. The highest BCUT2D eigenvalue weighted by Gasteiger charge is 2.38. The number of aromatic nitrogens is 2. The number of aromatic amines is 2. The molecule has 1 atom stereocenters. The van der Waals surface area contributed by atoms with Gasteiger partial charge in [0.15, 0.2) is 0 Å². The Morgan fingerprint density at radius 2 is 1.15 bits per heavy atom. The minimum Gasteiger partial charge on any atom is -0.354 e. The average molecular weight is 566 g/mol. The fourth-order valence-corrected chi connectivity index (χ4v) is 7.29. The first-order valence-electron chi connectivity index (χ1n) is 13.4. The Kier molecular flexibility index (Phi) is 4.98. The molecule has 1 unspecified atom stereocenters. The second-order valence-electron chi connectivity index (χ2n) is 10.5. The molecule has 3 heteroatoms. The van der Waals surface area contributed by atoms with Crippen molar-refractivity contribution in [2.45, 2.75) is 11.8 Å². The molecule has 0 aliphatic heterocycles. The lowest BCUT2D eigenvalue weighted by Gasteiger charge is -2.36. The van der Waals surface area contributed by atoms with Crippen molar-refractivity contribution in [3.63, 3.8) is 0 Å². The Morgan fingerprint density at radius 1 is 0.564 bits per heavy atom. The van der Waals surface area contributed by atoms with Gasteiger partial charge in [-0.25, -0.2) is 0 Å². The number of nitrogens with one attached hydrogen (secondary N) is 2. The summed E-state index contributed by atoms with van der Waals surface area (Å²) in [4.78, 5) is 7.51. The molecule has 8 rings (SSSR count). The van der Waals surface area contributed by atoms with E-state index < -0.39 is 0 Å². The van der Waals surface area contributed by atoms with E-state index in [2.05, 4.69) is 153 Å². The fraction of sp³-hybridized carbons (Fsp3) is 0.0556. The molecule has 0 bridgehead atoms. The fourth-order valence-electron chi connectivity index (χ4n) is 6.66. The quantitative estimate of drug-likeness (QED) is 0.214. The van der Waals surface area contributed by atoms with E-state index in [-0.39, 0.29) is 5.41 Å². The summed E-state index contributed by atoms with van der Waals surface area (Å²) in [5.41, 5.74) is 9.50. The lowest BCUT2D eigenvalue weighted by molar-refractivity contribution is 0.659. The molecule has 5 aromatic carbocycles. The van der Waals surface area contributed by atoms with Crippen molar-refractivity contribution in [1.29, 1.82) is 0 Å². The van der Waals surface area contributed by atoms with Crippen LogP contribution in [0.25, 0.3) is 49.2 Å². The Labute approximate surface area is 234 Å². The number of benzene rings is 5. The van der Waals surface area contributed by atoms with Crippen molar-refractivity contribution < 1.29 is 0 Å². The molecule has 1 aliphatic carbocycles. The van der Waals surface area contributed by atoms with Crippen LogP contribution in [0, 0.1) is 0 Å². The third-order valence-electron chi connectivity index (χ3n) is 8.41. The van der Waals surface area contributed by atoms with Crippen molar-refractivity contribution in [1.82, 2.24) is 9.97 Å². The molecule has 0 amide bonds. The molecule has 7 aromatic rings. The van der Waals surface area contributed by atoms with Gasteiger partial charge in [0.25, 0.3) is 0 Å². The van der Waals surface area contributed by atoms with Crippen molar-refractivity contribution >= 4 is 65.1 Å². The van der Waals surface area contributed by atoms with E-state index in [4.69, 9.17) is 0 Å². The van der Waals surface area contributed by atoms with E-state index in [0.29, 0.717) is 0 Å². The van der Waals surface area contributed by atoms with Gasteiger partial charge in [0.05, 0.1) is 11.0 Å². The number of H-pyrrole nitrogens is 2. The summed E-state index contributed by atoms with van der Waals surface area (Å²) in [5.74, 6) is 0. The summed E-state index contributed by atoms with van der Waals surface area (Å²) in [6.45, 7) is 0. The summed E-state index contributed by atoms with van der Waals surface area (Å²) in [5, 5.41) is 5.05. The second-order valence-corrected chi connectivity index (χ2v) is 11.3. The number of hydrogen-bond donors (Lipinski definition) is 2. The van der Waals surface area contributed by atoms with Gasteiger partial charge in [-0.2, -0.15) is 0 Å². The van der Waals surface area contributed by atoms with Crippen molar-refractivity contribution in [3.8, 4) is 0 Å². The molecular formula is C36H25BrN2. The van der Waals surface area contributed by atoms with Crippen molar-refractivity contribution in [3.05, 3.63) is 149 Å². The highest BCUT2D eigenvalue weighted by molar-refractivity contribution is 9.10. The zero-order valence-corrected chi connectivity index (χ0v) is 22.8. The van der Waals surface area contributed by atoms with Crippen LogP contribution in [0.3, 0.4) is 0 Å². The Bertz CT molecular complexity index is 2120. The summed E-state index contributed by atoms with van der Waals surface area (Å²) in [6.07, 6.45) is 7.78. The summed E-state index contributed by atoms with van der Waals surface area (Å²) in [6, 6.07) is 39.3. The van der Waals surface area contributed by atoms with Crippen LogP contribution in [0.15, 0.2) is 132 Å². The molecule has 2 nitrogen and oxygen atoms in total. The second kappa shape index (κ2) is 8.59. The van der Waals surface area contributed by atoms with Gasteiger partial charge in [-0.1, -0.05) is 125 Å². The highest BCUT2D eigenvalue weighted by Crippen LogP contribution is 2.49. The molecule has 0 saturated carbocycles. The third-order valence-corrected chi connectivity index (χ3v) is 9.10. The lowest BCUT2D eigenvalue weighted by Crippen LogP contribution is -2.28. The molecule has 0 saturated heterocycles. The largest absolute Gasteiger partial charge is 0.354 e. The predicted molar refractivity (Wildman–Crippen MR) is 168 cm³/mol. The summed E-state index contributed by atoms with van der Waals surface area (Å²) in [7, 11) is 0. The van der Waals surface area contributed by atoms with Crippen LogP contribution in [0.1, 0.15) is 23.1 Å². The van der Waals surface area contributed by atoms with Gasteiger partial charge in [0, 0.05) is 48.0 Å². The molecule has 2 aromatic heterocycles. The molecule has 0 radical (unpaired) electrons. The van der Waals surface area contributed by atoms with Gasteiger partial charge in [-0.15, -0.1) is 0 Å². The Morgan fingerprint density at radius 3 is 1.92 bits per heavy atom. The third kappa shape index (κ3) is 3.33. The van der Waals surface area contributed by atoms with Crippen molar-refractivity contribution in [2.75, 3.05) is 0 Å². The van der Waals surface area contributed by atoms with Crippen LogP contribution >= 0.6 is 15.9 Å². The molecule has 2 N–H and O–H groups in total. The minimum absolute atomic E-state index is 0.362. The highest BCUT2D eigenvalue weighted by atomic mass is 79.9. The SMILES string of the molecule is Brc1ccccc1C1(c2cccc3c2[nH]c2ccccc23)C=CC=C(c2cccc3c2[nH]c2ccccc23)C1. The maximum Gasteiger partial charge on any atom is 0.0541 e. The van der Waals surface area contributed by atoms with Gasteiger partial charge in [-0.05, 0) is 41.3 Å². The number of fused-ring (bicyclic) bond motifs is 6. The molecule has 1 aliphatic rings. The molecule has 186 valence electrons. The molecule has 0 spiro atoms. The minimum atomic E-state index is -0.362. The number of para-hydroxylation sites is 4. The van der Waals surface area contributed by atoms with E-state index in [1.807, 2.05) is 0 Å². The van der Waals surface area contributed by atoms with Crippen LogP contribution < -0.4 is 0 Å². The normalized spacial score (nSPS) is 17.4. The summed E-state index contributed by atoms with van der Waals surface area (Å²) < 4.78 is 1.12. The van der Waals surface area contributed by atoms with Gasteiger partial charge in [0.1, 0.15) is 0 Å². The summed E-state index contributed by atoms with van der Waals surface area (Å²) >= 11 is 3.93. The van der Waals surface area contributed by atoms with E-state index in [1.165, 1.54) is 65.9 Å². The van der Waals surface area contributed by atoms with Gasteiger partial charge >= 0.3 is 0 Å². The standard InChI is InChI=1S/C36H25BrN2/c37-31-18-4-3-16-29(31)36(30-17-8-15-28-26-12-2-6-20-33(26)39-35(28)30)21-9-10-23(22-36)24-13-7-14-27-25-11-1-5-19-32(25)38-34(24)27/h1-21,38-39H,22H2. The van der Waals surface area contributed by atoms with Gasteiger partial charge in [0.2, 0.25) is 0 Å². The Hall–Kier alpha value is -4.34. The van der Waals surface area contributed by atoms with Crippen molar-refractivity contribution in [2.24, 2.45) is 0 Å². The molecule has 2 heterocycles. The van der Waals surface area contributed by atoms with Crippen LogP contribution in [-0.4, -0.2) is 9.97 Å². The monoisotopic (exact) mass is 564 g/mol. The van der Waals surface area contributed by atoms with Crippen LogP contribution in [0.5, 0.6) is 0 Å². The first-order chi connectivity index (χ1) is 19.2. The zero-order chi connectivity index (χ0) is 26.0. The zero-order valence-electron chi connectivity index (χ0n) is 21.2. The first-order valence-corrected chi connectivity index (χ1v) is 14.2. The average Bonchev–Trinajstić information content (AvgIpc) is 3.56. The smallest absolute Gasteiger partial charge is 0.0541 e. The van der Waals surface area contributed by atoms with E-state index in [0.717, 1.165) is 10.9 Å². The van der Waals surface area contributed by atoms with E-state index in [9.17, 15) is 0 Å². The van der Waals surface area contributed by atoms with E-state index in [1.54, 1.807) is 0 Å². The topological polar surface area (TPSA) is 31.6 Å². The predicted octanol–water partition coefficient (Wildman–Crippen LogP) is 10.0. The number of rotatable bonds is 3. The van der Waals surface area contributed by atoms with Crippen LogP contribution in [0.2, 0.25) is 0 Å². The maximum atomic E-state index is 3.93. The van der Waals surface area contributed by atoms with E-state index >= 15 is 0 Å². The van der Waals surface area contributed by atoms with Crippen LogP contribution in [0.4, 0.5) is 0 Å². The first kappa shape index (κ1) is 22.6. The van der Waals surface area contributed by atoms with Gasteiger partial charge < -0.3 is 9.97 Å². The Balaban J connectivity index is 1.39. The van der Waals surface area contributed by atoms with Crippen LogP contribution in [-0.2, 0) is 5.41 Å². The lowest BCUT2D eigenvalue weighted by atomic mass is 9.67. The number of allylic oxidation sites excluding steroid dienone is 4. The maximum absolute atomic E-state index is 3.93. The molecule has 39 heavy (non-hydrogen) atoms.